The van der Waals surface area contributed by atoms with E-state index in [0.29, 0.717) is 6.73 Å². The molecule has 2 aromatic carbocycles. The van der Waals surface area contributed by atoms with Gasteiger partial charge in [-0.15, -0.1) is 0 Å². The van der Waals surface area contributed by atoms with Gasteiger partial charge in [0.2, 0.25) is 0 Å². The SMILES string of the molecule is C=N/C(=C1/CCN(c2cccc3cccc(CCC)c23)CC1=NCOCC12CCCN1CCC2)N(CCCC)C/C(C)=C/C(C)=NC. The van der Waals surface area contributed by atoms with Crippen LogP contribution in [-0.2, 0) is 11.2 Å². The molecule has 3 saturated heterocycles. The number of benzene rings is 2. The van der Waals surface area contributed by atoms with Crippen molar-refractivity contribution < 1.29 is 4.74 Å². The minimum Gasteiger partial charge on any atom is -0.365 e. The number of hydrogen-bond acceptors (Lipinski definition) is 7. The maximum atomic E-state index is 6.44. The first-order valence-corrected chi connectivity index (χ1v) is 18.1. The summed E-state index contributed by atoms with van der Waals surface area (Å²) in [5.41, 5.74) is 7.53. The Kier molecular flexibility index (Phi) is 12.4. The number of hydrogen-bond donors (Lipinski definition) is 0. The smallest absolute Gasteiger partial charge is 0.137 e. The number of piperidine rings is 1. The molecule has 0 aromatic heterocycles. The van der Waals surface area contributed by atoms with E-state index in [9.17, 15) is 0 Å². The topological polar surface area (TPSA) is 56.0 Å². The highest BCUT2D eigenvalue weighted by molar-refractivity contribution is 6.07. The summed E-state index contributed by atoms with van der Waals surface area (Å²) in [4.78, 5) is 22.0. The maximum Gasteiger partial charge on any atom is 0.137 e. The van der Waals surface area contributed by atoms with E-state index in [0.717, 1.165) is 82.1 Å². The molecule has 47 heavy (non-hydrogen) atoms. The molecule has 0 unspecified atom stereocenters. The quantitative estimate of drug-likeness (QED) is 0.146. The van der Waals surface area contributed by atoms with Gasteiger partial charge in [0.1, 0.15) is 12.6 Å². The fraction of sp³-hybridized carbons (Fsp3) is 0.575. The Morgan fingerprint density at radius 1 is 1.04 bits per heavy atom. The van der Waals surface area contributed by atoms with Crippen molar-refractivity contribution in [1.29, 1.82) is 0 Å². The molecule has 0 bridgehead atoms. The van der Waals surface area contributed by atoms with Crippen LogP contribution >= 0.6 is 0 Å². The molecule has 3 aliphatic rings. The first-order valence-electron chi connectivity index (χ1n) is 18.1. The lowest BCUT2D eigenvalue weighted by molar-refractivity contribution is 0.0391. The van der Waals surface area contributed by atoms with E-state index in [2.05, 4.69) is 96.6 Å². The van der Waals surface area contributed by atoms with Gasteiger partial charge in [-0.25, -0.2) is 4.99 Å². The van der Waals surface area contributed by atoms with Crippen molar-refractivity contribution in [3.05, 3.63) is 65.0 Å². The summed E-state index contributed by atoms with van der Waals surface area (Å²) in [5, 5.41) is 2.68. The number of ether oxygens (including phenoxy) is 1. The highest BCUT2D eigenvalue weighted by atomic mass is 16.5. The van der Waals surface area contributed by atoms with Gasteiger partial charge in [0.25, 0.3) is 0 Å². The van der Waals surface area contributed by atoms with E-state index >= 15 is 0 Å². The Balaban J connectivity index is 1.49. The van der Waals surface area contributed by atoms with Gasteiger partial charge >= 0.3 is 0 Å². The van der Waals surface area contributed by atoms with Gasteiger partial charge in [-0.05, 0) is 102 Å². The summed E-state index contributed by atoms with van der Waals surface area (Å²) in [6, 6.07) is 13.5. The van der Waals surface area contributed by atoms with Gasteiger partial charge in [0, 0.05) is 54.6 Å². The van der Waals surface area contributed by atoms with Crippen LogP contribution < -0.4 is 4.90 Å². The van der Waals surface area contributed by atoms with Crippen molar-refractivity contribution in [3.63, 3.8) is 0 Å². The Bertz CT molecular complexity index is 1490. The van der Waals surface area contributed by atoms with Crippen molar-refractivity contribution in [2.75, 3.05) is 64.6 Å². The Morgan fingerprint density at radius 2 is 1.81 bits per heavy atom. The van der Waals surface area contributed by atoms with Gasteiger partial charge in [-0.2, -0.15) is 0 Å². The maximum absolute atomic E-state index is 6.44. The van der Waals surface area contributed by atoms with Crippen molar-refractivity contribution in [1.82, 2.24) is 9.80 Å². The molecule has 0 spiro atoms. The number of anilines is 1. The van der Waals surface area contributed by atoms with Crippen LogP contribution in [0.4, 0.5) is 5.69 Å². The van der Waals surface area contributed by atoms with E-state index in [-0.39, 0.29) is 5.54 Å². The Hall–Kier alpha value is -3.29. The third-order valence-corrected chi connectivity index (χ3v) is 10.4. The lowest BCUT2D eigenvalue weighted by Crippen LogP contribution is -2.42. The van der Waals surface area contributed by atoms with Crippen LogP contribution in [0, 0.1) is 0 Å². The van der Waals surface area contributed by atoms with Gasteiger partial charge in [-0.3, -0.25) is 14.9 Å². The second-order valence-electron chi connectivity index (χ2n) is 13.8. The molecule has 5 rings (SSSR count). The lowest BCUT2D eigenvalue weighted by Gasteiger charge is -2.36. The standard InChI is InChI=1S/C40H58N6O/c1-7-9-22-45(27-31(3)26-32(4)41-5)39(42-6)35-19-25-44(37-18-11-17-34-16-10-15-33(14-8-2)38(34)37)28-36(35)43-30-47-29-40-20-12-23-46(40)24-13-21-40/h10-11,15-18,26H,6-9,12-14,19-25,27-30H2,1-5H3/b31-26+,39-35+,41-32?,43-36?. The average molecular weight is 639 g/mol. The molecule has 3 fully saturated rings. The summed E-state index contributed by atoms with van der Waals surface area (Å²) in [6.07, 6.45) is 12.5. The van der Waals surface area contributed by atoms with Crippen molar-refractivity contribution >= 4 is 34.6 Å². The van der Waals surface area contributed by atoms with E-state index in [1.807, 2.05) is 7.05 Å². The summed E-state index contributed by atoms with van der Waals surface area (Å²) in [7, 11) is 1.85. The number of rotatable bonds is 15. The third-order valence-electron chi connectivity index (χ3n) is 10.4. The summed E-state index contributed by atoms with van der Waals surface area (Å²) in [5.74, 6) is 0.969. The molecule has 3 aliphatic heterocycles. The summed E-state index contributed by atoms with van der Waals surface area (Å²) >= 11 is 0. The molecule has 0 saturated carbocycles. The molecule has 0 radical (unpaired) electrons. The van der Waals surface area contributed by atoms with Crippen molar-refractivity contribution in [2.45, 2.75) is 91.0 Å². The second kappa shape index (κ2) is 16.7. The van der Waals surface area contributed by atoms with Crippen LogP contribution in [-0.4, -0.2) is 93.1 Å². The van der Waals surface area contributed by atoms with E-state index in [1.54, 1.807) is 0 Å². The molecule has 0 amide bonds. The third kappa shape index (κ3) is 8.24. The first kappa shape index (κ1) is 35.0. The zero-order valence-corrected chi connectivity index (χ0v) is 29.9. The number of allylic oxidation sites excluding steroid dienone is 1. The molecule has 0 N–H and O–H groups in total. The summed E-state index contributed by atoms with van der Waals surface area (Å²) < 4.78 is 6.44. The predicted molar refractivity (Wildman–Crippen MR) is 202 cm³/mol. The predicted octanol–water partition coefficient (Wildman–Crippen LogP) is 8.10. The van der Waals surface area contributed by atoms with Crippen LogP contribution in [0.25, 0.3) is 10.8 Å². The fourth-order valence-corrected chi connectivity index (χ4v) is 8.06. The molecule has 7 nitrogen and oxygen atoms in total. The van der Waals surface area contributed by atoms with E-state index in [4.69, 9.17) is 14.7 Å². The molecule has 2 aromatic rings. The average Bonchev–Trinajstić information content (AvgIpc) is 3.67. The van der Waals surface area contributed by atoms with Crippen LogP contribution in [0.1, 0.15) is 84.6 Å². The molecular weight excluding hydrogens is 580 g/mol. The van der Waals surface area contributed by atoms with Crippen LogP contribution in [0.2, 0.25) is 0 Å². The Morgan fingerprint density at radius 3 is 2.51 bits per heavy atom. The zero-order valence-electron chi connectivity index (χ0n) is 29.9. The molecule has 3 heterocycles. The van der Waals surface area contributed by atoms with Gasteiger partial charge in [0.15, 0.2) is 0 Å². The molecule has 0 atom stereocenters. The first-order chi connectivity index (χ1) is 22.9. The van der Waals surface area contributed by atoms with Crippen LogP contribution in [0.5, 0.6) is 0 Å². The minimum absolute atomic E-state index is 0.227. The minimum atomic E-state index is 0.227. The Labute approximate surface area is 284 Å². The lowest BCUT2D eigenvalue weighted by atomic mass is 9.95. The van der Waals surface area contributed by atoms with E-state index in [1.165, 1.54) is 71.9 Å². The number of aliphatic imine (C=N–C) groups is 3. The second-order valence-corrected chi connectivity index (χ2v) is 13.8. The van der Waals surface area contributed by atoms with Gasteiger partial charge in [0.05, 0.1) is 18.9 Å². The number of nitrogens with zero attached hydrogens (tertiary/aromatic N) is 6. The number of aryl methyl sites for hydroxylation is 1. The molecule has 0 aliphatic carbocycles. The normalized spacial score (nSPS) is 20.7. The highest BCUT2D eigenvalue weighted by Crippen LogP contribution is 2.39. The van der Waals surface area contributed by atoms with Gasteiger partial charge in [-0.1, -0.05) is 62.6 Å². The number of fused-ring (bicyclic) bond motifs is 2. The van der Waals surface area contributed by atoms with Crippen LogP contribution in [0.15, 0.2) is 74.4 Å². The summed E-state index contributed by atoms with van der Waals surface area (Å²) in [6.45, 7) is 19.8. The highest BCUT2D eigenvalue weighted by Gasteiger charge is 2.44. The number of unbranched alkanes of at least 4 members (excludes halogenated alkanes) is 1. The monoisotopic (exact) mass is 638 g/mol. The zero-order chi connectivity index (χ0) is 33.2. The fourth-order valence-electron chi connectivity index (χ4n) is 8.06. The largest absolute Gasteiger partial charge is 0.365 e. The molecular formula is C40H58N6O. The van der Waals surface area contributed by atoms with Crippen LogP contribution in [0.3, 0.4) is 0 Å². The van der Waals surface area contributed by atoms with Crippen molar-refractivity contribution in [3.8, 4) is 0 Å². The van der Waals surface area contributed by atoms with Crippen molar-refractivity contribution in [2.24, 2.45) is 15.0 Å². The van der Waals surface area contributed by atoms with Gasteiger partial charge < -0.3 is 14.5 Å². The van der Waals surface area contributed by atoms with E-state index < -0.39 is 0 Å². The molecule has 7 heteroatoms. The molecule has 254 valence electrons.